The molecule has 1 atom stereocenters. The predicted octanol–water partition coefficient (Wildman–Crippen LogP) is 4.83. The summed E-state index contributed by atoms with van der Waals surface area (Å²) in [4.78, 5) is 24.1. The first-order valence-electron chi connectivity index (χ1n) is 8.11. The van der Waals surface area contributed by atoms with Gasteiger partial charge in [-0.05, 0) is 61.7 Å². The van der Waals surface area contributed by atoms with E-state index >= 15 is 0 Å². The van der Waals surface area contributed by atoms with E-state index in [2.05, 4.69) is 10.6 Å². The number of carbonyl (C=O) groups is 2. The predicted molar refractivity (Wildman–Crippen MR) is 100 cm³/mol. The summed E-state index contributed by atoms with van der Waals surface area (Å²) in [6.45, 7) is 1.86. The average Bonchev–Trinajstić information content (AvgIpc) is 3.40. The summed E-state index contributed by atoms with van der Waals surface area (Å²) in [5, 5.41) is 6.82. The molecule has 1 aliphatic carbocycles. The second-order valence-electron chi connectivity index (χ2n) is 6.20. The van der Waals surface area contributed by atoms with Gasteiger partial charge in [-0.15, -0.1) is 0 Å². The van der Waals surface area contributed by atoms with E-state index in [0.29, 0.717) is 21.3 Å². The Hall–Kier alpha value is -2.04. The van der Waals surface area contributed by atoms with Gasteiger partial charge in [0.25, 0.3) is 5.91 Å². The molecular formula is C19H18Cl2N2O2. The van der Waals surface area contributed by atoms with Crippen LogP contribution in [0.1, 0.15) is 41.7 Å². The zero-order chi connectivity index (χ0) is 18.0. The zero-order valence-electron chi connectivity index (χ0n) is 13.7. The summed E-state index contributed by atoms with van der Waals surface area (Å²) in [6.07, 6.45) is 1.91. The number of benzene rings is 2. The summed E-state index contributed by atoms with van der Waals surface area (Å²) in [5.74, 6) is -0.0188. The fourth-order valence-electron chi connectivity index (χ4n) is 2.51. The molecule has 0 radical (unpaired) electrons. The number of anilines is 1. The summed E-state index contributed by atoms with van der Waals surface area (Å²) < 4.78 is 0. The van der Waals surface area contributed by atoms with Crippen LogP contribution in [0.3, 0.4) is 0 Å². The molecule has 0 aliphatic heterocycles. The van der Waals surface area contributed by atoms with Crippen molar-refractivity contribution >= 4 is 40.7 Å². The summed E-state index contributed by atoms with van der Waals surface area (Å²) in [7, 11) is 0. The number of halogens is 2. The molecule has 25 heavy (non-hydrogen) atoms. The molecule has 3 rings (SSSR count). The largest absolute Gasteiger partial charge is 0.345 e. The highest BCUT2D eigenvalue weighted by Crippen LogP contribution is 2.30. The smallest absolute Gasteiger partial charge is 0.251 e. The molecule has 0 bridgehead atoms. The third-order valence-corrected chi connectivity index (χ3v) is 4.70. The maximum atomic E-state index is 12.4. The van der Waals surface area contributed by atoms with Crippen LogP contribution < -0.4 is 10.6 Å². The Labute approximate surface area is 156 Å². The van der Waals surface area contributed by atoms with Gasteiger partial charge in [0.05, 0.1) is 6.04 Å². The molecule has 2 aromatic carbocycles. The molecule has 0 unspecified atom stereocenters. The molecular weight excluding hydrogens is 359 g/mol. The molecule has 0 saturated heterocycles. The van der Waals surface area contributed by atoms with Gasteiger partial charge < -0.3 is 10.6 Å². The topological polar surface area (TPSA) is 58.2 Å². The molecule has 0 spiro atoms. The van der Waals surface area contributed by atoms with Crippen molar-refractivity contribution in [3.8, 4) is 0 Å². The third-order valence-electron chi connectivity index (χ3n) is 4.14. The van der Waals surface area contributed by atoms with Crippen molar-refractivity contribution in [2.75, 3.05) is 5.32 Å². The molecule has 2 aromatic rings. The number of nitrogens with one attached hydrogen (secondary N) is 2. The van der Waals surface area contributed by atoms with Crippen LogP contribution in [0.2, 0.25) is 10.0 Å². The molecule has 1 aliphatic rings. The summed E-state index contributed by atoms with van der Waals surface area (Å²) in [6, 6.07) is 11.8. The quantitative estimate of drug-likeness (QED) is 0.784. The van der Waals surface area contributed by atoms with Crippen LogP contribution in [0, 0.1) is 5.92 Å². The van der Waals surface area contributed by atoms with Crippen LogP contribution in [-0.4, -0.2) is 11.8 Å². The monoisotopic (exact) mass is 376 g/mol. The van der Waals surface area contributed by atoms with E-state index in [0.717, 1.165) is 18.4 Å². The molecule has 6 heteroatoms. The van der Waals surface area contributed by atoms with E-state index < -0.39 is 0 Å². The fraction of sp³-hybridized carbons (Fsp3) is 0.263. The lowest BCUT2D eigenvalue weighted by Gasteiger charge is -2.16. The van der Waals surface area contributed by atoms with Gasteiger partial charge in [-0.1, -0.05) is 29.3 Å². The normalized spacial score (nSPS) is 14.7. The van der Waals surface area contributed by atoms with Crippen LogP contribution in [-0.2, 0) is 4.79 Å². The van der Waals surface area contributed by atoms with Crippen molar-refractivity contribution in [3.05, 3.63) is 63.6 Å². The molecule has 2 N–H and O–H groups in total. The molecule has 2 amide bonds. The van der Waals surface area contributed by atoms with Crippen molar-refractivity contribution in [1.82, 2.24) is 5.32 Å². The fourth-order valence-corrected chi connectivity index (χ4v) is 3.08. The van der Waals surface area contributed by atoms with Crippen molar-refractivity contribution < 1.29 is 9.59 Å². The maximum absolute atomic E-state index is 12.4. The number of hydrogen-bond donors (Lipinski definition) is 2. The van der Waals surface area contributed by atoms with Crippen molar-refractivity contribution in [2.45, 2.75) is 25.8 Å². The zero-order valence-corrected chi connectivity index (χ0v) is 15.2. The van der Waals surface area contributed by atoms with Gasteiger partial charge in [-0.2, -0.15) is 0 Å². The van der Waals surface area contributed by atoms with Gasteiger partial charge in [0, 0.05) is 27.2 Å². The van der Waals surface area contributed by atoms with E-state index in [4.69, 9.17) is 23.2 Å². The van der Waals surface area contributed by atoms with Crippen LogP contribution in [0.15, 0.2) is 42.5 Å². The van der Waals surface area contributed by atoms with Gasteiger partial charge in [0.1, 0.15) is 0 Å². The third kappa shape index (κ3) is 4.53. The first kappa shape index (κ1) is 17.8. The minimum atomic E-state index is -0.258. The molecule has 0 aromatic heterocycles. The highest BCUT2D eigenvalue weighted by molar-refractivity contribution is 6.35. The minimum absolute atomic E-state index is 0.0446. The first-order valence-corrected chi connectivity index (χ1v) is 8.86. The maximum Gasteiger partial charge on any atom is 0.251 e. The Bertz CT molecular complexity index is 802. The lowest BCUT2D eigenvalue weighted by Crippen LogP contribution is -2.26. The average molecular weight is 377 g/mol. The van der Waals surface area contributed by atoms with Gasteiger partial charge in [-0.25, -0.2) is 0 Å². The number of amides is 2. The van der Waals surface area contributed by atoms with E-state index in [-0.39, 0.29) is 23.8 Å². The van der Waals surface area contributed by atoms with Crippen LogP contribution in [0.25, 0.3) is 0 Å². The molecule has 130 valence electrons. The Morgan fingerprint density at radius 3 is 2.36 bits per heavy atom. The van der Waals surface area contributed by atoms with Crippen molar-refractivity contribution in [2.24, 2.45) is 5.92 Å². The Morgan fingerprint density at radius 2 is 1.76 bits per heavy atom. The minimum Gasteiger partial charge on any atom is -0.345 e. The van der Waals surface area contributed by atoms with E-state index in [9.17, 15) is 9.59 Å². The van der Waals surface area contributed by atoms with Crippen LogP contribution in [0.4, 0.5) is 5.69 Å². The van der Waals surface area contributed by atoms with Gasteiger partial charge in [0.15, 0.2) is 0 Å². The van der Waals surface area contributed by atoms with Gasteiger partial charge in [-0.3, -0.25) is 9.59 Å². The summed E-state index contributed by atoms with van der Waals surface area (Å²) in [5.41, 5.74) is 2.01. The Balaban J connectivity index is 1.63. The van der Waals surface area contributed by atoms with E-state index in [1.54, 1.807) is 42.5 Å². The van der Waals surface area contributed by atoms with Gasteiger partial charge in [0.2, 0.25) is 5.91 Å². The lowest BCUT2D eigenvalue weighted by atomic mass is 10.1. The van der Waals surface area contributed by atoms with Crippen LogP contribution >= 0.6 is 23.2 Å². The first-order chi connectivity index (χ1) is 11.9. The summed E-state index contributed by atoms with van der Waals surface area (Å²) >= 11 is 12.1. The number of rotatable bonds is 5. The molecule has 1 saturated carbocycles. The SMILES string of the molecule is C[C@@H](NC(=O)c1ccc(NC(=O)C2CC2)cc1)c1ccc(Cl)cc1Cl. The standard InChI is InChI=1S/C19H18Cl2N2O2/c1-11(16-9-6-14(20)10-17(16)21)22-18(24)13-4-7-15(8-5-13)23-19(25)12-2-3-12/h4-12H,2-3H2,1H3,(H,22,24)(H,23,25)/t11-/m1/s1. The van der Waals surface area contributed by atoms with Crippen molar-refractivity contribution in [3.63, 3.8) is 0 Å². The van der Waals surface area contributed by atoms with E-state index in [1.807, 2.05) is 6.92 Å². The Kier molecular flexibility index (Phi) is 5.30. The lowest BCUT2D eigenvalue weighted by molar-refractivity contribution is -0.117. The highest BCUT2D eigenvalue weighted by atomic mass is 35.5. The molecule has 1 fully saturated rings. The van der Waals surface area contributed by atoms with Crippen molar-refractivity contribution in [1.29, 1.82) is 0 Å². The number of carbonyl (C=O) groups excluding carboxylic acids is 2. The molecule has 0 heterocycles. The van der Waals surface area contributed by atoms with E-state index in [1.165, 1.54) is 0 Å². The number of hydrogen-bond acceptors (Lipinski definition) is 2. The second kappa shape index (κ2) is 7.46. The van der Waals surface area contributed by atoms with Crippen LogP contribution in [0.5, 0.6) is 0 Å². The Morgan fingerprint density at radius 1 is 1.08 bits per heavy atom. The second-order valence-corrected chi connectivity index (χ2v) is 7.05. The molecule has 4 nitrogen and oxygen atoms in total. The highest BCUT2D eigenvalue weighted by Gasteiger charge is 2.29. The van der Waals surface area contributed by atoms with Gasteiger partial charge >= 0.3 is 0 Å².